The monoisotopic (exact) mass is 284 g/mol. The predicted octanol–water partition coefficient (Wildman–Crippen LogP) is 4.63. The van der Waals surface area contributed by atoms with E-state index >= 15 is 0 Å². The van der Waals surface area contributed by atoms with Crippen molar-refractivity contribution in [3.05, 3.63) is 23.8 Å². The Labute approximate surface area is 118 Å². The molecule has 0 bridgehead atoms. The first-order chi connectivity index (χ1) is 8.47. The smallest absolute Gasteiger partial charge is 0.337 e. The highest BCUT2D eigenvalue weighted by molar-refractivity contribution is 8.00. The molecule has 0 fully saturated rings. The average molecular weight is 284 g/mol. The van der Waals surface area contributed by atoms with E-state index in [1.54, 1.807) is 23.5 Å². The highest BCUT2D eigenvalue weighted by atomic mass is 32.2. The molecule has 1 aromatic carbocycles. The van der Waals surface area contributed by atoms with Gasteiger partial charge in [0.25, 0.3) is 0 Å². The normalized spacial score (nSPS) is 12.7. The summed E-state index contributed by atoms with van der Waals surface area (Å²) in [7, 11) is 0. The summed E-state index contributed by atoms with van der Waals surface area (Å²) in [6, 6.07) is 5.74. The minimum atomic E-state index is -0.829. The molecule has 0 saturated heterocycles. The first-order valence-corrected chi connectivity index (χ1v) is 7.99. The molecule has 0 saturated carbocycles. The van der Waals surface area contributed by atoms with Crippen LogP contribution in [0.2, 0.25) is 0 Å². The topological polar surface area (TPSA) is 37.3 Å². The fourth-order valence-electron chi connectivity index (χ4n) is 1.43. The maximum atomic E-state index is 11.4. The third kappa shape index (κ3) is 3.95. The summed E-state index contributed by atoms with van der Waals surface area (Å²) in [5.41, 5.74) is 0.460. The first-order valence-electron chi connectivity index (χ1n) is 6.13. The number of carboxylic acid groups (broad SMARTS) is 1. The Morgan fingerprint density at radius 3 is 2.39 bits per heavy atom. The van der Waals surface area contributed by atoms with Gasteiger partial charge >= 0.3 is 5.97 Å². The second kappa shape index (κ2) is 7.10. The zero-order valence-corrected chi connectivity index (χ0v) is 12.9. The lowest BCUT2D eigenvalue weighted by Crippen LogP contribution is -2.08. The molecule has 2 nitrogen and oxygen atoms in total. The van der Waals surface area contributed by atoms with Crippen LogP contribution < -0.4 is 0 Å². The molecule has 18 heavy (non-hydrogen) atoms. The van der Waals surface area contributed by atoms with Gasteiger partial charge in [-0.05, 0) is 23.8 Å². The quantitative estimate of drug-likeness (QED) is 0.773. The lowest BCUT2D eigenvalue weighted by molar-refractivity contribution is 0.0689. The number of hydrogen-bond acceptors (Lipinski definition) is 3. The Morgan fingerprint density at radius 1 is 1.28 bits per heavy atom. The number of hydrogen-bond donors (Lipinski definition) is 1. The molecule has 4 heteroatoms. The Morgan fingerprint density at radius 2 is 1.89 bits per heavy atom. The molecule has 1 N–H and O–H groups in total. The molecule has 1 rings (SSSR count). The van der Waals surface area contributed by atoms with E-state index in [2.05, 4.69) is 20.8 Å². The van der Waals surface area contributed by atoms with Crippen molar-refractivity contribution in [2.45, 2.75) is 42.7 Å². The van der Waals surface area contributed by atoms with Crippen LogP contribution in [0.15, 0.2) is 28.0 Å². The maximum Gasteiger partial charge on any atom is 0.337 e. The van der Waals surface area contributed by atoms with E-state index < -0.39 is 5.97 Å². The van der Waals surface area contributed by atoms with Gasteiger partial charge < -0.3 is 5.11 Å². The summed E-state index contributed by atoms with van der Waals surface area (Å²) in [6.45, 7) is 8.49. The summed E-state index contributed by atoms with van der Waals surface area (Å²) in [4.78, 5) is 13.2. The van der Waals surface area contributed by atoms with E-state index in [1.165, 1.54) is 0 Å². The van der Waals surface area contributed by atoms with Crippen LogP contribution in [0.1, 0.15) is 38.1 Å². The van der Waals surface area contributed by atoms with Crippen molar-refractivity contribution in [1.82, 2.24) is 0 Å². The number of rotatable bonds is 6. The zero-order chi connectivity index (χ0) is 13.7. The first kappa shape index (κ1) is 15.4. The van der Waals surface area contributed by atoms with Gasteiger partial charge in [0.15, 0.2) is 0 Å². The van der Waals surface area contributed by atoms with Gasteiger partial charge in [0, 0.05) is 15.0 Å². The van der Waals surface area contributed by atoms with Gasteiger partial charge in [0.2, 0.25) is 0 Å². The standard InChI is InChI=1S/C14H20O2S2/c1-5-17-11-7-6-8-12(13(11)14(15)16)18-10(4)9(2)3/h6-10H,5H2,1-4H3,(H,15,16). The number of thioether (sulfide) groups is 2. The largest absolute Gasteiger partial charge is 0.478 e. The van der Waals surface area contributed by atoms with E-state index in [-0.39, 0.29) is 0 Å². The fourth-order valence-corrected chi connectivity index (χ4v) is 3.47. The van der Waals surface area contributed by atoms with Gasteiger partial charge in [0.1, 0.15) is 0 Å². The maximum absolute atomic E-state index is 11.4. The minimum absolute atomic E-state index is 0.407. The lowest BCUT2D eigenvalue weighted by atomic mass is 10.2. The van der Waals surface area contributed by atoms with Crippen LogP contribution in [0.25, 0.3) is 0 Å². The third-order valence-corrected chi connectivity index (χ3v) is 5.20. The minimum Gasteiger partial charge on any atom is -0.478 e. The van der Waals surface area contributed by atoms with E-state index in [1.807, 2.05) is 25.1 Å². The Balaban J connectivity index is 3.10. The van der Waals surface area contributed by atoms with Gasteiger partial charge in [-0.2, -0.15) is 0 Å². The average Bonchev–Trinajstić information content (AvgIpc) is 2.29. The van der Waals surface area contributed by atoms with Crippen molar-refractivity contribution < 1.29 is 9.90 Å². The molecule has 0 aliphatic carbocycles. The van der Waals surface area contributed by atoms with Gasteiger partial charge in [-0.1, -0.05) is 33.8 Å². The SMILES string of the molecule is CCSc1cccc(SC(C)C(C)C)c1C(=O)O. The summed E-state index contributed by atoms with van der Waals surface area (Å²) in [6.07, 6.45) is 0. The number of carbonyl (C=O) groups is 1. The molecular formula is C14H20O2S2. The van der Waals surface area contributed by atoms with E-state index in [4.69, 9.17) is 0 Å². The number of carboxylic acids is 1. The van der Waals surface area contributed by atoms with Crippen molar-refractivity contribution in [2.75, 3.05) is 5.75 Å². The third-order valence-electron chi connectivity index (χ3n) is 2.75. The molecule has 0 aromatic heterocycles. The molecular weight excluding hydrogens is 264 g/mol. The molecule has 100 valence electrons. The highest BCUT2D eigenvalue weighted by Gasteiger charge is 2.18. The second-order valence-electron chi connectivity index (χ2n) is 4.43. The van der Waals surface area contributed by atoms with Crippen molar-refractivity contribution in [1.29, 1.82) is 0 Å². The second-order valence-corrected chi connectivity index (χ2v) is 7.16. The molecule has 0 radical (unpaired) electrons. The van der Waals surface area contributed by atoms with Crippen LogP contribution in [-0.4, -0.2) is 22.1 Å². The van der Waals surface area contributed by atoms with Gasteiger partial charge in [0.05, 0.1) is 5.56 Å². The van der Waals surface area contributed by atoms with Gasteiger partial charge in [-0.15, -0.1) is 23.5 Å². The fraction of sp³-hybridized carbons (Fsp3) is 0.500. The lowest BCUT2D eigenvalue weighted by Gasteiger charge is -2.17. The summed E-state index contributed by atoms with van der Waals surface area (Å²) >= 11 is 3.24. The Bertz CT molecular complexity index is 416. The van der Waals surface area contributed by atoms with Gasteiger partial charge in [-0.3, -0.25) is 0 Å². The highest BCUT2D eigenvalue weighted by Crippen LogP contribution is 2.35. The summed E-state index contributed by atoms with van der Waals surface area (Å²) < 4.78 is 0. The predicted molar refractivity (Wildman–Crippen MR) is 80.0 cm³/mol. The van der Waals surface area contributed by atoms with Crippen LogP contribution in [0.4, 0.5) is 0 Å². The van der Waals surface area contributed by atoms with Crippen molar-refractivity contribution in [2.24, 2.45) is 5.92 Å². The van der Waals surface area contributed by atoms with Crippen LogP contribution in [0.3, 0.4) is 0 Å². The van der Waals surface area contributed by atoms with Crippen molar-refractivity contribution in [3.8, 4) is 0 Å². The molecule has 0 heterocycles. The molecule has 1 aromatic rings. The molecule has 1 atom stereocenters. The van der Waals surface area contributed by atoms with Crippen molar-refractivity contribution >= 4 is 29.5 Å². The molecule has 0 spiro atoms. The number of aromatic carboxylic acids is 1. The summed E-state index contributed by atoms with van der Waals surface area (Å²) in [5, 5.41) is 9.81. The van der Waals surface area contributed by atoms with Gasteiger partial charge in [-0.25, -0.2) is 4.79 Å². The van der Waals surface area contributed by atoms with Crippen molar-refractivity contribution in [3.63, 3.8) is 0 Å². The van der Waals surface area contributed by atoms with Crippen LogP contribution in [0.5, 0.6) is 0 Å². The molecule has 0 aliphatic rings. The molecule has 0 aliphatic heterocycles. The Kier molecular flexibility index (Phi) is 6.09. The molecule has 1 unspecified atom stereocenters. The number of benzene rings is 1. The zero-order valence-electron chi connectivity index (χ0n) is 11.3. The molecule has 0 amide bonds. The van der Waals surface area contributed by atoms with E-state index in [0.29, 0.717) is 16.7 Å². The summed E-state index contributed by atoms with van der Waals surface area (Å²) in [5.74, 6) is 0.581. The van der Waals surface area contributed by atoms with Crippen LogP contribution in [0, 0.1) is 5.92 Å². The Hall–Kier alpha value is -0.610. The van der Waals surface area contributed by atoms with E-state index in [0.717, 1.165) is 15.5 Å². The van der Waals surface area contributed by atoms with E-state index in [9.17, 15) is 9.90 Å². The van der Waals surface area contributed by atoms with Crippen LogP contribution >= 0.6 is 23.5 Å². The van der Waals surface area contributed by atoms with Crippen LogP contribution in [-0.2, 0) is 0 Å².